The molecule has 138 valence electrons. The lowest BCUT2D eigenvalue weighted by molar-refractivity contribution is -0.135. The zero-order chi connectivity index (χ0) is 18.9. The van der Waals surface area contributed by atoms with E-state index in [0.29, 0.717) is 13.1 Å². The van der Waals surface area contributed by atoms with Crippen molar-refractivity contribution in [1.29, 1.82) is 0 Å². The van der Waals surface area contributed by atoms with E-state index in [0.717, 1.165) is 29.1 Å². The molecule has 0 spiro atoms. The van der Waals surface area contributed by atoms with Gasteiger partial charge < -0.3 is 5.32 Å². The summed E-state index contributed by atoms with van der Waals surface area (Å²) in [6, 6.07) is 20.3. The highest BCUT2D eigenvalue weighted by Gasteiger charge is 2.37. The third-order valence-electron chi connectivity index (χ3n) is 5.23. The van der Waals surface area contributed by atoms with Gasteiger partial charge in [-0.15, -0.1) is 0 Å². The van der Waals surface area contributed by atoms with E-state index in [1.54, 1.807) is 0 Å². The number of para-hydroxylation sites is 1. The Balaban J connectivity index is 1.74. The third kappa shape index (κ3) is 3.38. The summed E-state index contributed by atoms with van der Waals surface area (Å²) < 4.78 is 1.93. The average Bonchev–Trinajstić information content (AvgIpc) is 3.11. The van der Waals surface area contributed by atoms with Gasteiger partial charge >= 0.3 is 0 Å². The molecule has 1 saturated heterocycles. The van der Waals surface area contributed by atoms with Crippen molar-refractivity contribution in [3.05, 3.63) is 72.4 Å². The van der Waals surface area contributed by atoms with E-state index >= 15 is 0 Å². The van der Waals surface area contributed by atoms with Gasteiger partial charge in [0.15, 0.2) is 0 Å². The number of benzene rings is 2. The first-order valence-electron chi connectivity index (χ1n) is 9.28. The van der Waals surface area contributed by atoms with Crippen molar-refractivity contribution >= 4 is 5.91 Å². The summed E-state index contributed by atoms with van der Waals surface area (Å²) in [4.78, 5) is 14.6. The number of nitrogens with zero attached hydrogens (tertiary/aromatic N) is 3. The van der Waals surface area contributed by atoms with Gasteiger partial charge in [0.05, 0.1) is 16.9 Å². The van der Waals surface area contributed by atoms with Gasteiger partial charge in [0.25, 0.3) is 0 Å². The molecule has 0 saturated carbocycles. The van der Waals surface area contributed by atoms with E-state index < -0.39 is 5.54 Å². The Morgan fingerprint density at radius 3 is 2.41 bits per heavy atom. The zero-order valence-corrected chi connectivity index (χ0v) is 15.7. The van der Waals surface area contributed by atoms with Crippen LogP contribution < -0.4 is 5.32 Å². The zero-order valence-electron chi connectivity index (χ0n) is 15.7. The largest absolute Gasteiger partial charge is 0.353 e. The second kappa shape index (κ2) is 7.00. The minimum Gasteiger partial charge on any atom is -0.353 e. The topological polar surface area (TPSA) is 50.2 Å². The van der Waals surface area contributed by atoms with E-state index in [1.807, 2.05) is 67.1 Å². The molecule has 5 nitrogen and oxygen atoms in total. The molecule has 3 aromatic rings. The predicted octanol–water partition coefficient (Wildman–Crippen LogP) is 3.25. The molecule has 0 aliphatic carbocycles. The number of rotatable bonds is 4. The van der Waals surface area contributed by atoms with E-state index in [1.165, 1.54) is 0 Å². The SMILES string of the molecule is CC1(C)C(=O)NCCN1Cc1cn(-c2ccccc2)nc1-c1ccccc1. The third-order valence-corrected chi connectivity index (χ3v) is 5.23. The van der Waals surface area contributed by atoms with Gasteiger partial charge in [-0.25, -0.2) is 4.68 Å². The molecule has 4 rings (SSSR count). The molecule has 27 heavy (non-hydrogen) atoms. The van der Waals surface area contributed by atoms with Crippen molar-refractivity contribution in [2.75, 3.05) is 13.1 Å². The Morgan fingerprint density at radius 1 is 1.04 bits per heavy atom. The first kappa shape index (κ1) is 17.5. The lowest BCUT2D eigenvalue weighted by atomic mass is 9.97. The summed E-state index contributed by atoms with van der Waals surface area (Å²) in [5, 5.41) is 7.84. The number of amides is 1. The summed E-state index contributed by atoms with van der Waals surface area (Å²) >= 11 is 0. The lowest BCUT2D eigenvalue weighted by Crippen LogP contribution is -2.61. The second-order valence-corrected chi connectivity index (χ2v) is 7.39. The van der Waals surface area contributed by atoms with Crippen LogP contribution in [0.25, 0.3) is 16.9 Å². The molecular formula is C22H24N4O. The summed E-state index contributed by atoms with van der Waals surface area (Å²) in [5.74, 6) is 0.0745. The van der Waals surface area contributed by atoms with Crippen molar-refractivity contribution in [3.8, 4) is 16.9 Å². The highest BCUT2D eigenvalue weighted by Crippen LogP contribution is 2.28. The molecule has 1 aliphatic rings. The average molecular weight is 360 g/mol. The smallest absolute Gasteiger partial charge is 0.240 e. The number of carbonyl (C=O) groups excluding carboxylic acids is 1. The maximum Gasteiger partial charge on any atom is 0.240 e. The molecule has 0 atom stereocenters. The van der Waals surface area contributed by atoms with Gasteiger partial charge in [0, 0.05) is 37.0 Å². The van der Waals surface area contributed by atoms with E-state index in [2.05, 4.69) is 28.5 Å². The molecule has 2 aromatic carbocycles. The molecule has 2 heterocycles. The van der Waals surface area contributed by atoms with Crippen LogP contribution in [0.4, 0.5) is 0 Å². The number of hydrogen-bond acceptors (Lipinski definition) is 3. The van der Waals surface area contributed by atoms with E-state index in [-0.39, 0.29) is 5.91 Å². The van der Waals surface area contributed by atoms with Gasteiger partial charge in [-0.3, -0.25) is 9.69 Å². The number of piperazine rings is 1. The van der Waals surface area contributed by atoms with Crippen LogP contribution in [0.1, 0.15) is 19.4 Å². The summed E-state index contributed by atoms with van der Waals surface area (Å²) in [7, 11) is 0. The van der Waals surface area contributed by atoms with Gasteiger partial charge in [-0.1, -0.05) is 48.5 Å². The highest BCUT2D eigenvalue weighted by molar-refractivity contribution is 5.86. The molecule has 1 aliphatic heterocycles. The molecular weight excluding hydrogens is 336 g/mol. The van der Waals surface area contributed by atoms with Crippen LogP contribution in [0.3, 0.4) is 0 Å². The Labute approximate surface area is 159 Å². The van der Waals surface area contributed by atoms with Gasteiger partial charge in [-0.2, -0.15) is 5.10 Å². The number of aromatic nitrogens is 2. The quantitative estimate of drug-likeness (QED) is 0.777. The van der Waals surface area contributed by atoms with Crippen molar-refractivity contribution in [2.24, 2.45) is 0 Å². The van der Waals surface area contributed by atoms with Gasteiger partial charge in [-0.05, 0) is 26.0 Å². The fourth-order valence-corrected chi connectivity index (χ4v) is 3.50. The van der Waals surface area contributed by atoms with Crippen molar-refractivity contribution in [2.45, 2.75) is 25.9 Å². The number of nitrogens with one attached hydrogen (secondary N) is 1. The molecule has 0 bridgehead atoms. The van der Waals surface area contributed by atoms with Crippen molar-refractivity contribution < 1.29 is 4.79 Å². The number of carbonyl (C=O) groups is 1. The molecule has 1 amide bonds. The standard InChI is InChI=1S/C22H24N4O/c1-22(2)21(27)23-13-14-25(22)15-18-16-26(19-11-7-4-8-12-19)24-20(18)17-9-5-3-6-10-17/h3-12,16H,13-15H2,1-2H3,(H,23,27). The molecule has 0 radical (unpaired) electrons. The van der Waals surface area contributed by atoms with Crippen LogP contribution in [-0.4, -0.2) is 39.2 Å². The Morgan fingerprint density at radius 2 is 1.70 bits per heavy atom. The summed E-state index contributed by atoms with van der Waals surface area (Å²) in [6.45, 7) is 6.13. The molecule has 5 heteroatoms. The highest BCUT2D eigenvalue weighted by atomic mass is 16.2. The number of hydrogen-bond donors (Lipinski definition) is 1. The van der Waals surface area contributed by atoms with Crippen LogP contribution in [0.5, 0.6) is 0 Å². The van der Waals surface area contributed by atoms with Gasteiger partial charge in [0.2, 0.25) is 5.91 Å². The van der Waals surface area contributed by atoms with Crippen LogP contribution in [0.2, 0.25) is 0 Å². The maximum absolute atomic E-state index is 12.3. The normalized spacial score (nSPS) is 16.9. The Bertz CT molecular complexity index is 931. The predicted molar refractivity (Wildman–Crippen MR) is 106 cm³/mol. The van der Waals surface area contributed by atoms with Crippen LogP contribution in [0, 0.1) is 0 Å². The molecule has 1 N–H and O–H groups in total. The fraction of sp³-hybridized carbons (Fsp3) is 0.273. The minimum atomic E-state index is -0.541. The first-order valence-corrected chi connectivity index (χ1v) is 9.28. The minimum absolute atomic E-state index is 0.0745. The molecule has 0 unspecified atom stereocenters. The molecule has 1 fully saturated rings. The van der Waals surface area contributed by atoms with Crippen molar-refractivity contribution in [3.63, 3.8) is 0 Å². The Hall–Kier alpha value is -2.92. The summed E-state index contributed by atoms with van der Waals surface area (Å²) in [6.07, 6.45) is 2.08. The first-order chi connectivity index (χ1) is 13.1. The van der Waals surface area contributed by atoms with E-state index in [4.69, 9.17) is 5.10 Å². The van der Waals surface area contributed by atoms with Crippen LogP contribution in [0.15, 0.2) is 66.9 Å². The van der Waals surface area contributed by atoms with Crippen molar-refractivity contribution in [1.82, 2.24) is 20.0 Å². The molecule has 1 aromatic heterocycles. The maximum atomic E-state index is 12.3. The lowest BCUT2D eigenvalue weighted by Gasteiger charge is -2.41. The second-order valence-electron chi connectivity index (χ2n) is 7.39. The fourth-order valence-electron chi connectivity index (χ4n) is 3.50. The Kier molecular flexibility index (Phi) is 4.54. The monoisotopic (exact) mass is 360 g/mol. The van der Waals surface area contributed by atoms with Crippen LogP contribution >= 0.6 is 0 Å². The summed E-state index contributed by atoms with van der Waals surface area (Å²) in [5.41, 5.74) is 3.65. The van der Waals surface area contributed by atoms with E-state index in [9.17, 15) is 4.79 Å². The van der Waals surface area contributed by atoms with Crippen LogP contribution in [-0.2, 0) is 11.3 Å². The van der Waals surface area contributed by atoms with Gasteiger partial charge in [0.1, 0.15) is 0 Å².